The van der Waals surface area contributed by atoms with Crippen molar-refractivity contribution >= 4 is 5.78 Å². The molecule has 0 aromatic heterocycles. The number of nitriles is 1. The summed E-state index contributed by atoms with van der Waals surface area (Å²) in [6.45, 7) is 0. The van der Waals surface area contributed by atoms with E-state index in [4.69, 9.17) is 14.7 Å². The van der Waals surface area contributed by atoms with Crippen molar-refractivity contribution in [1.82, 2.24) is 0 Å². The summed E-state index contributed by atoms with van der Waals surface area (Å²) in [5.41, 5.74) is 2.74. The molecule has 0 N–H and O–H groups in total. The maximum atomic E-state index is 12.9. The lowest BCUT2D eigenvalue weighted by Crippen LogP contribution is -2.46. The average Bonchev–Trinajstić information content (AvgIpc) is 2.68. The second-order valence-corrected chi connectivity index (χ2v) is 7.22. The molecule has 0 unspecified atom stereocenters. The summed E-state index contributed by atoms with van der Waals surface area (Å²) < 4.78 is 11.8. The minimum Gasteiger partial charge on any atom is -0.486 e. The van der Waals surface area contributed by atoms with Crippen molar-refractivity contribution in [2.75, 3.05) is 7.11 Å². The van der Waals surface area contributed by atoms with E-state index in [0.717, 1.165) is 36.8 Å². The molecular formula is C22H21NO3. The predicted molar refractivity (Wildman–Crippen MR) is 98.2 cm³/mol. The van der Waals surface area contributed by atoms with E-state index >= 15 is 0 Å². The lowest BCUT2D eigenvalue weighted by molar-refractivity contribution is -0.0320. The van der Waals surface area contributed by atoms with E-state index in [-0.39, 0.29) is 17.5 Å². The maximum Gasteiger partial charge on any atom is 0.170 e. The molecule has 1 fully saturated rings. The van der Waals surface area contributed by atoms with Gasteiger partial charge >= 0.3 is 0 Å². The Balaban J connectivity index is 1.63. The van der Waals surface area contributed by atoms with E-state index < -0.39 is 0 Å². The van der Waals surface area contributed by atoms with Crippen LogP contribution in [-0.4, -0.2) is 24.6 Å². The smallest absolute Gasteiger partial charge is 0.170 e. The van der Waals surface area contributed by atoms with Gasteiger partial charge in [0.05, 0.1) is 29.7 Å². The molecule has 1 aliphatic carbocycles. The Bertz CT molecular complexity index is 889. The van der Waals surface area contributed by atoms with Crippen molar-refractivity contribution in [2.24, 2.45) is 0 Å². The summed E-state index contributed by atoms with van der Waals surface area (Å²) in [7, 11) is 1.74. The van der Waals surface area contributed by atoms with Crippen LogP contribution in [0, 0.1) is 11.3 Å². The summed E-state index contributed by atoms with van der Waals surface area (Å²) in [6.07, 6.45) is 4.26. The van der Waals surface area contributed by atoms with Crippen LogP contribution in [0.4, 0.5) is 0 Å². The number of ether oxygens (including phenoxy) is 2. The fourth-order valence-electron chi connectivity index (χ4n) is 4.07. The van der Waals surface area contributed by atoms with E-state index in [1.165, 1.54) is 0 Å². The van der Waals surface area contributed by atoms with Crippen molar-refractivity contribution in [1.29, 1.82) is 5.26 Å². The number of Topliss-reactive ketones (excluding diaryl/α,β-unsaturated/α-hetero) is 1. The topological polar surface area (TPSA) is 59.3 Å². The van der Waals surface area contributed by atoms with Crippen LogP contribution >= 0.6 is 0 Å². The third-order valence-corrected chi connectivity index (χ3v) is 5.59. The first kappa shape index (κ1) is 16.8. The molecule has 0 radical (unpaired) electrons. The van der Waals surface area contributed by atoms with Crippen LogP contribution in [0.1, 0.15) is 48.0 Å². The largest absolute Gasteiger partial charge is 0.486 e. The van der Waals surface area contributed by atoms with Crippen LogP contribution in [-0.2, 0) is 4.74 Å². The van der Waals surface area contributed by atoms with Gasteiger partial charge in [0.25, 0.3) is 0 Å². The highest BCUT2D eigenvalue weighted by Gasteiger charge is 2.43. The number of carbonyl (C=O) groups is 1. The van der Waals surface area contributed by atoms with Gasteiger partial charge < -0.3 is 9.47 Å². The highest BCUT2D eigenvalue weighted by Crippen LogP contribution is 2.43. The monoisotopic (exact) mass is 347 g/mol. The van der Waals surface area contributed by atoms with Crippen LogP contribution in [0.3, 0.4) is 0 Å². The van der Waals surface area contributed by atoms with Gasteiger partial charge in [0.2, 0.25) is 0 Å². The number of ketones is 1. The molecule has 0 saturated heterocycles. The third kappa shape index (κ3) is 3.00. The predicted octanol–water partition coefficient (Wildman–Crippen LogP) is 4.52. The molecule has 1 spiro atoms. The first-order valence-corrected chi connectivity index (χ1v) is 9.02. The molecule has 4 heteroatoms. The van der Waals surface area contributed by atoms with Gasteiger partial charge in [-0.25, -0.2) is 0 Å². The van der Waals surface area contributed by atoms with Gasteiger partial charge in [-0.15, -0.1) is 0 Å². The summed E-state index contributed by atoms with van der Waals surface area (Å²) in [5, 5.41) is 9.09. The van der Waals surface area contributed by atoms with Crippen molar-refractivity contribution < 1.29 is 14.3 Å². The van der Waals surface area contributed by atoms with Crippen LogP contribution in [0.5, 0.6) is 5.75 Å². The zero-order valence-electron chi connectivity index (χ0n) is 14.8. The van der Waals surface area contributed by atoms with Crippen molar-refractivity contribution in [2.45, 2.75) is 43.8 Å². The maximum absolute atomic E-state index is 12.9. The van der Waals surface area contributed by atoms with Gasteiger partial charge in [-0.3, -0.25) is 4.79 Å². The van der Waals surface area contributed by atoms with Crippen LogP contribution in [0.2, 0.25) is 0 Å². The van der Waals surface area contributed by atoms with Gasteiger partial charge in [0.1, 0.15) is 11.4 Å². The van der Waals surface area contributed by atoms with Gasteiger partial charge in [-0.1, -0.05) is 18.2 Å². The Morgan fingerprint density at radius 3 is 2.65 bits per heavy atom. The van der Waals surface area contributed by atoms with Gasteiger partial charge in [0.15, 0.2) is 5.78 Å². The van der Waals surface area contributed by atoms with E-state index in [1.807, 2.05) is 36.4 Å². The Morgan fingerprint density at radius 2 is 1.92 bits per heavy atom. The molecule has 132 valence electrons. The number of nitrogens with zero attached hydrogens (tertiary/aromatic N) is 1. The Kier molecular flexibility index (Phi) is 4.26. The van der Waals surface area contributed by atoms with E-state index in [0.29, 0.717) is 23.3 Å². The van der Waals surface area contributed by atoms with Crippen LogP contribution in [0.25, 0.3) is 11.1 Å². The second-order valence-electron chi connectivity index (χ2n) is 7.22. The van der Waals surface area contributed by atoms with E-state index in [2.05, 4.69) is 6.07 Å². The normalized spacial score (nSPS) is 24.6. The van der Waals surface area contributed by atoms with Crippen molar-refractivity contribution in [3.8, 4) is 22.9 Å². The number of carbonyl (C=O) groups excluding carboxylic acids is 1. The summed E-state index contributed by atoms with van der Waals surface area (Å²) in [4.78, 5) is 12.9. The fraction of sp³-hybridized carbons (Fsp3) is 0.364. The molecule has 2 aromatic carbocycles. The number of methoxy groups -OCH3 is 1. The lowest BCUT2D eigenvalue weighted by Gasteiger charge is -2.42. The molecule has 4 rings (SSSR count). The molecule has 0 bridgehead atoms. The summed E-state index contributed by atoms with van der Waals surface area (Å²) >= 11 is 0. The third-order valence-electron chi connectivity index (χ3n) is 5.59. The molecule has 26 heavy (non-hydrogen) atoms. The average molecular weight is 347 g/mol. The van der Waals surface area contributed by atoms with Gasteiger partial charge in [0, 0.05) is 7.11 Å². The Morgan fingerprint density at radius 1 is 1.15 bits per heavy atom. The number of fused-ring (bicyclic) bond motifs is 1. The zero-order valence-corrected chi connectivity index (χ0v) is 14.8. The minimum atomic E-state index is -0.374. The molecule has 1 heterocycles. The summed E-state index contributed by atoms with van der Waals surface area (Å²) in [5.74, 6) is 0.817. The van der Waals surface area contributed by atoms with Crippen LogP contribution < -0.4 is 4.74 Å². The molecular weight excluding hydrogens is 326 g/mol. The molecule has 1 saturated carbocycles. The number of rotatable bonds is 2. The Hall–Kier alpha value is -2.64. The standard InChI is InChI=1S/C22H21NO3/c1-25-18-7-9-22(10-8-18)13-20(24)19-12-17(5-6-21(19)26-22)16-4-2-3-15(11-16)14-23/h2-6,11-12,18H,7-10,13H2,1H3. The van der Waals surface area contributed by atoms with Crippen molar-refractivity contribution in [3.05, 3.63) is 53.6 Å². The molecule has 1 aliphatic heterocycles. The Labute approximate surface area is 153 Å². The SMILES string of the molecule is COC1CCC2(CC1)CC(=O)c1cc(-c3cccc(C#N)c3)ccc1O2. The molecule has 2 aromatic rings. The highest BCUT2D eigenvalue weighted by molar-refractivity contribution is 6.01. The molecule has 4 nitrogen and oxygen atoms in total. The zero-order chi connectivity index (χ0) is 18.1. The molecule has 2 aliphatic rings. The van der Waals surface area contributed by atoms with Gasteiger partial charge in [-0.2, -0.15) is 5.26 Å². The fourth-order valence-corrected chi connectivity index (χ4v) is 4.07. The van der Waals surface area contributed by atoms with Crippen LogP contribution in [0.15, 0.2) is 42.5 Å². The van der Waals surface area contributed by atoms with E-state index in [1.54, 1.807) is 13.2 Å². The lowest BCUT2D eigenvalue weighted by atomic mass is 9.77. The van der Waals surface area contributed by atoms with Gasteiger partial charge in [-0.05, 0) is 61.1 Å². The van der Waals surface area contributed by atoms with Crippen molar-refractivity contribution in [3.63, 3.8) is 0 Å². The first-order chi connectivity index (χ1) is 12.6. The number of benzene rings is 2. The summed E-state index contributed by atoms with van der Waals surface area (Å²) in [6, 6.07) is 15.3. The molecule has 0 amide bonds. The minimum absolute atomic E-state index is 0.139. The second kappa shape index (κ2) is 6.59. The quantitative estimate of drug-likeness (QED) is 0.801. The first-order valence-electron chi connectivity index (χ1n) is 9.02. The number of hydrogen-bond donors (Lipinski definition) is 0. The number of hydrogen-bond acceptors (Lipinski definition) is 4. The molecule has 0 atom stereocenters. The van der Waals surface area contributed by atoms with E-state index in [9.17, 15) is 4.79 Å². The highest BCUT2D eigenvalue weighted by atomic mass is 16.5.